The van der Waals surface area contributed by atoms with Gasteiger partial charge in [0.05, 0.1) is 19.8 Å². The molecule has 1 saturated carbocycles. The molecule has 1 fully saturated rings. The van der Waals surface area contributed by atoms with E-state index >= 15 is 0 Å². The van der Waals surface area contributed by atoms with Gasteiger partial charge < -0.3 is 20.1 Å². The molecule has 0 aromatic heterocycles. The van der Waals surface area contributed by atoms with Gasteiger partial charge in [0.25, 0.3) is 0 Å². The van der Waals surface area contributed by atoms with E-state index in [-0.39, 0.29) is 18.3 Å². The Labute approximate surface area is 134 Å². The van der Waals surface area contributed by atoms with Crippen LogP contribution in [0, 0.1) is 0 Å². The van der Waals surface area contributed by atoms with Crippen LogP contribution in [0.4, 0.5) is 0 Å². The summed E-state index contributed by atoms with van der Waals surface area (Å²) in [5, 5.41) is 6.45. The van der Waals surface area contributed by atoms with Crippen molar-refractivity contribution in [1.82, 2.24) is 10.6 Å². The summed E-state index contributed by atoms with van der Waals surface area (Å²) < 4.78 is 10.1. The van der Waals surface area contributed by atoms with E-state index < -0.39 is 0 Å². The maximum absolute atomic E-state index is 11.5. The molecule has 0 bridgehead atoms. The van der Waals surface area contributed by atoms with Crippen LogP contribution in [0.5, 0.6) is 0 Å². The van der Waals surface area contributed by atoms with E-state index in [1.807, 2.05) is 0 Å². The topological polar surface area (TPSA) is 59.6 Å². The highest BCUT2D eigenvalue weighted by Crippen LogP contribution is 2.16. The molecular weight excluding hydrogens is 292 g/mol. The average Bonchev–Trinajstić information content (AvgIpc) is 2.72. The third kappa shape index (κ3) is 11.9. The normalized spacial score (nSPS) is 16.0. The summed E-state index contributed by atoms with van der Waals surface area (Å²) in [6, 6.07) is 0.645. The second kappa shape index (κ2) is 14.6. The van der Waals surface area contributed by atoms with Gasteiger partial charge in [-0.2, -0.15) is 0 Å². The lowest BCUT2D eigenvalue weighted by molar-refractivity contribution is -0.122. The molecule has 126 valence electrons. The fraction of sp³-hybridized carbons (Fsp3) is 0.933. The Kier molecular flexibility index (Phi) is 14.3. The first-order chi connectivity index (χ1) is 9.83. The summed E-state index contributed by atoms with van der Waals surface area (Å²) in [4.78, 5) is 11.5. The van der Waals surface area contributed by atoms with Crippen LogP contribution in [-0.2, 0) is 14.3 Å². The minimum absolute atomic E-state index is 0. The molecule has 1 rings (SSSR count). The highest BCUT2D eigenvalue weighted by Gasteiger charge is 2.10. The average molecular weight is 323 g/mol. The monoisotopic (exact) mass is 322 g/mol. The largest absolute Gasteiger partial charge is 0.382 e. The predicted octanol–water partition coefficient (Wildman–Crippen LogP) is 1.89. The maximum Gasteiger partial charge on any atom is 0.222 e. The number of ether oxygens (including phenoxy) is 2. The Bertz CT molecular complexity index is 247. The molecule has 1 amide bonds. The van der Waals surface area contributed by atoms with Crippen LogP contribution in [0.3, 0.4) is 0 Å². The first kappa shape index (κ1) is 20.6. The van der Waals surface area contributed by atoms with Gasteiger partial charge in [0, 0.05) is 32.7 Å². The number of carbonyl (C=O) groups is 1. The molecule has 0 radical (unpaired) electrons. The fourth-order valence-corrected chi connectivity index (χ4v) is 2.46. The molecule has 0 atom stereocenters. The molecule has 1 aliphatic rings. The molecule has 21 heavy (non-hydrogen) atoms. The molecule has 0 spiro atoms. The lowest BCUT2D eigenvalue weighted by Crippen LogP contribution is -2.37. The minimum atomic E-state index is 0. The summed E-state index contributed by atoms with van der Waals surface area (Å²) in [7, 11) is 1.64. The molecule has 5 nitrogen and oxygen atoms in total. The fourth-order valence-electron chi connectivity index (χ4n) is 2.46. The van der Waals surface area contributed by atoms with Crippen molar-refractivity contribution < 1.29 is 14.3 Å². The molecule has 0 heterocycles. The van der Waals surface area contributed by atoms with Crippen LogP contribution in [0.15, 0.2) is 0 Å². The molecule has 0 aliphatic heterocycles. The maximum atomic E-state index is 11.5. The van der Waals surface area contributed by atoms with Crippen LogP contribution in [0.2, 0.25) is 0 Å². The van der Waals surface area contributed by atoms with E-state index in [1.54, 1.807) is 7.11 Å². The van der Waals surface area contributed by atoms with Crippen molar-refractivity contribution in [3.63, 3.8) is 0 Å². The second-order valence-electron chi connectivity index (χ2n) is 5.35. The Morgan fingerprint density at radius 1 is 1.05 bits per heavy atom. The summed E-state index contributed by atoms with van der Waals surface area (Å²) in [6.45, 7) is 3.15. The summed E-state index contributed by atoms with van der Waals surface area (Å²) in [5.41, 5.74) is 0. The second-order valence-corrected chi connectivity index (χ2v) is 5.35. The number of carbonyl (C=O) groups excluding carboxylic acids is 1. The van der Waals surface area contributed by atoms with Gasteiger partial charge in [-0.15, -0.1) is 12.4 Å². The number of nitrogens with one attached hydrogen (secondary N) is 2. The molecule has 0 unspecified atom stereocenters. The number of hydrogen-bond acceptors (Lipinski definition) is 4. The van der Waals surface area contributed by atoms with Crippen LogP contribution < -0.4 is 10.6 Å². The van der Waals surface area contributed by atoms with Gasteiger partial charge in [0.15, 0.2) is 0 Å². The van der Waals surface area contributed by atoms with E-state index in [4.69, 9.17) is 9.47 Å². The van der Waals surface area contributed by atoms with Gasteiger partial charge in [-0.3, -0.25) is 4.79 Å². The summed E-state index contributed by atoms with van der Waals surface area (Å²) in [6.07, 6.45) is 8.40. The van der Waals surface area contributed by atoms with Crippen molar-refractivity contribution in [1.29, 1.82) is 0 Å². The molecule has 1 aliphatic carbocycles. The van der Waals surface area contributed by atoms with Gasteiger partial charge in [0.2, 0.25) is 5.91 Å². The van der Waals surface area contributed by atoms with Crippen LogP contribution in [0.25, 0.3) is 0 Å². The number of hydrogen-bond donors (Lipinski definition) is 2. The Hall–Kier alpha value is -0.360. The van der Waals surface area contributed by atoms with E-state index in [9.17, 15) is 4.79 Å². The molecule has 0 saturated heterocycles. The van der Waals surface area contributed by atoms with Crippen LogP contribution >= 0.6 is 12.4 Å². The lowest BCUT2D eigenvalue weighted by atomic mass is 10.1. The van der Waals surface area contributed by atoms with Gasteiger partial charge in [-0.1, -0.05) is 25.7 Å². The van der Waals surface area contributed by atoms with E-state index in [0.717, 1.165) is 6.54 Å². The van der Waals surface area contributed by atoms with Crippen molar-refractivity contribution in [3.05, 3.63) is 0 Å². The standard InChI is InChI=1S/C15H30N2O3.ClH/c1-19-12-13-20-11-8-15(18)17-10-9-16-14-6-4-2-3-5-7-14;/h14,16H,2-13H2,1H3,(H,17,18);1H. The first-order valence-corrected chi connectivity index (χ1v) is 7.89. The van der Waals surface area contributed by atoms with Gasteiger partial charge in [-0.05, 0) is 12.8 Å². The van der Waals surface area contributed by atoms with Crippen molar-refractivity contribution in [2.45, 2.75) is 51.0 Å². The van der Waals surface area contributed by atoms with E-state index in [0.29, 0.717) is 38.8 Å². The van der Waals surface area contributed by atoms with Gasteiger partial charge in [0.1, 0.15) is 0 Å². The third-order valence-electron chi connectivity index (χ3n) is 3.64. The van der Waals surface area contributed by atoms with Crippen molar-refractivity contribution >= 4 is 18.3 Å². The van der Waals surface area contributed by atoms with E-state index in [2.05, 4.69) is 10.6 Å². The zero-order chi connectivity index (χ0) is 14.5. The minimum Gasteiger partial charge on any atom is -0.382 e. The summed E-state index contributed by atoms with van der Waals surface area (Å²) >= 11 is 0. The predicted molar refractivity (Wildman–Crippen MR) is 87.1 cm³/mol. The van der Waals surface area contributed by atoms with Crippen LogP contribution in [0.1, 0.15) is 44.9 Å². The highest BCUT2D eigenvalue weighted by atomic mass is 35.5. The van der Waals surface area contributed by atoms with Gasteiger partial charge in [-0.25, -0.2) is 0 Å². The number of amides is 1. The lowest BCUT2D eigenvalue weighted by Gasteiger charge is -2.16. The molecule has 0 aromatic rings. The Morgan fingerprint density at radius 2 is 1.76 bits per heavy atom. The van der Waals surface area contributed by atoms with E-state index in [1.165, 1.54) is 38.5 Å². The van der Waals surface area contributed by atoms with Gasteiger partial charge >= 0.3 is 0 Å². The van der Waals surface area contributed by atoms with Crippen molar-refractivity contribution in [2.24, 2.45) is 0 Å². The number of halogens is 1. The molecule has 6 heteroatoms. The zero-order valence-electron chi connectivity index (χ0n) is 13.2. The Morgan fingerprint density at radius 3 is 2.43 bits per heavy atom. The number of rotatable bonds is 10. The van der Waals surface area contributed by atoms with Crippen molar-refractivity contribution in [3.8, 4) is 0 Å². The third-order valence-corrected chi connectivity index (χ3v) is 3.64. The molecular formula is C15H31ClN2O3. The SMILES string of the molecule is COCCOCCC(=O)NCCNC1CCCCCC1.Cl. The highest BCUT2D eigenvalue weighted by molar-refractivity contribution is 5.85. The smallest absolute Gasteiger partial charge is 0.222 e. The van der Waals surface area contributed by atoms with Crippen LogP contribution in [-0.4, -0.2) is 52.0 Å². The molecule has 2 N–H and O–H groups in total. The number of methoxy groups -OCH3 is 1. The Balaban J connectivity index is 0.00000400. The first-order valence-electron chi connectivity index (χ1n) is 7.89. The summed E-state index contributed by atoms with van der Waals surface area (Å²) in [5.74, 6) is 0.0603. The molecule has 0 aromatic carbocycles. The van der Waals surface area contributed by atoms with Crippen molar-refractivity contribution in [2.75, 3.05) is 40.0 Å². The zero-order valence-corrected chi connectivity index (χ0v) is 14.0. The quantitative estimate of drug-likeness (QED) is 0.476.